The number of hydrogen-bond acceptors (Lipinski definition) is 2. The summed E-state index contributed by atoms with van der Waals surface area (Å²) in [6, 6.07) is 0.463. The third-order valence-electron chi connectivity index (χ3n) is 9.66. The van der Waals surface area contributed by atoms with Gasteiger partial charge in [0.1, 0.15) is 0 Å². The van der Waals surface area contributed by atoms with Crippen LogP contribution in [0.1, 0.15) is 121 Å². The van der Waals surface area contributed by atoms with Gasteiger partial charge in [-0.1, -0.05) is 61.5 Å². The lowest BCUT2D eigenvalue weighted by molar-refractivity contribution is -0.0744. The second-order valence-corrected chi connectivity index (χ2v) is 10.8. The first-order valence-electron chi connectivity index (χ1n) is 13.6. The van der Waals surface area contributed by atoms with Gasteiger partial charge in [0.2, 0.25) is 0 Å². The molecule has 4 aliphatic carbocycles. The van der Waals surface area contributed by atoms with E-state index in [1.165, 1.54) is 57.8 Å². The molecule has 31 heavy (non-hydrogen) atoms. The summed E-state index contributed by atoms with van der Waals surface area (Å²) >= 11 is 0. The molecular weight excluding hydrogens is 376 g/mol. The van der Waals surface area contributed by atoms with Crippen molar-refractivity contribution in [1.29, 1.82) is 0 Å². The summed E-state index contributed by atoms with van der Waals surface area (Å²) < 4.78 is 0. The maximum absolute atomic E-state index is 6.37. The molecule has 0 aromatic rings. The van der Waals surface area contributed by atoms with Gasteiger partial charge in [-0.15, -0.1) is 0 Å². The van der Waals surface area contributed by atoms with Crippen molar-refractivity contribution < 1.29 is 0 Å². The molecule has 4 aliphatic rings. The number of nitrogens with two attached hydrogens (primary N) is 1. The van der Waals surface area contributed by atoms with Gasteiger partial charge in [-0.05, 0) is 112 Å². The first kappa shape index (κ1) is 28.5. The van der Waals surface area contributed by atoms with E-state index in [2.05, 4.69) is 40.0 Å². The highest BCUT2D eigenvalue weighted by Crippen LogP contribution is 2.65. The Hall–Kier alpha value is -0.500. The van der Waals surface area contributed by atoms with Crippen LogP contribution >= 0.6 is 0 Å². The highest BCUT2D eigenvalue weighted by molar-refractivity contribution is 5.08. The molecule has 0 spiro atoms. The summed E-state index contributed by atoms with van der Waals surface area (Å²) in [5, 5.41) is 1.99. The van der Waals surface area contributed by atoms with E-state index in [-0.39, 0.29) is 7.43 Å². The number of nitrogens with zero attached hydrogens (tertiary/aromatic N) is 1. The van der Waals surface area contributed by atoms with E-state index >= 15 is 0 Å². The van der Waals surface area contributed by atoms with E-state index in [0.29, 0.717) is 11.5 Å². The average molecular weight is 435 g/mol. The molecule has 9 unspecified atom stereocenters. The largest absolute Gasteiger partial charge is 0.316 e. The van der Waals surface area contributed by atoms with E-state index < -0.39 is 0 Å². The molecule has 4 fully saturated rings. The first-order valence-corrected chi connectivity index (χ1v) is 13.6. The maximum Gasteiger partial charge on any atom is 0.0450 e. The Morgan fingerprint density at radius 3 is 2.19 bits per heavy atom. The molecule has 4 rings (SSSR count). The SMILES string of the molecule is C.C/C=C\N(N)C(C)C1CCC2C3CCC4CC(C)CCC4C3CCC21C.CC.CC. The van der Waals surface area contributed by atoms with Gasteiger partial charge in [0, 0.05) is 12.2 Å². The Balaban J connectivity index is 0.000000910. The van der Waals surface area contributed by atoms with Crippen LogP contribution in [-0.4, -0.2) is 11.1 Å². The predicted molar refractivity (Wildman–Crippen MR) is 139 cm³/mol. The number of hydrazine groups is 1. The van der Waals surface area contributed by atoms with Crippen LogP contribution in [0, 0.1) is 46.8 Å². The normalized spacial score (nSPS) is 41.8. The Labute approximate surface area is 196 Å². The molecule has 0 radical (unpaired) electrons. The smallest absolute Gasteiger partial charge is 0.0450 e. The molecule has 0 aliphatic heterocycles. The molecule has 9 atom stereocenters. The molecule has 0 amide bonds. The van der Waals surface area contributed by atoms with Crippen molar-refractivity contribution in [3.05, 3.63) is 12.3 Å². The van der Waals surface area contributed by atoms with Crippen LogP contribution in [0.2, 0.25) is 0 Å². The van der Waals surface area contributed by atoms with Crippen molar-refractivity contribution in [2.24, 2.45) is 52.7 Å². The van der Waals surface area contributed by atoms with Crippen LogP contribution in [-0.2, 0) is 0 Å². The highest BCUT2D eigenvalue weighted by atomic mass is 15.4. The first-order chi connectivity index (χ1) is 14.5. The van der Waals surface area contributed by atoms with Gasteiger partial charge >= 0.3 is 0 Å². The van der Waals surface area contributed by atoms with Crippen molar-refractivity contribution in [1.82, 2.24) is 5.01 Å². The van der Waals surface area contributed by atoms with Gasteiger partial charge in [-0.25, -0.2) is 5.84 Å². The standard InChI is InChI=1S/C24H42N2.2C2H6.CH4/c1-5-14-26(25)17(3)22-10-11-23-21-9-7-18-15-16(2)6-8-19(18)20(21)12-13-24(22,23)4;2*1-2;/h5,14,16-23H,6-13,15,25H2,1-4H3;2*1-2H3;1H4/b14-5-;;;. The summed E-state index contributed by atoms with van der Waals surface area (Å²) in [5.41, 5.74) is 0.522. The van der Waals surface area contributed by atoms with Crippen molar-refractivity contribution in [2.75, 3.05) is 0 Å². The minimum atomic E-state index is 0. The molecule has 0 bridgehead atoms. The van der Waals surface area contributed by atoms with Gasteiger partial charge in [-0.2, -0.15) is 0 Å². The van der Waals surface area contributed by atoms with Gasteiger partial charge in [0.25, 0.3) is 0 Å². The number of rotatable bonds is 3. The van der Waals surface area contributed by atoms with Crippen LogP contribution in [0.25, 0.3) is 0 Å². The molecule has 2 N–H and O–H groups in total. The zero-order valence-electron chi connectivity index (χ0n) is 21.7. The Morgan fingerprint density at radius 2 is 1.55 bits per heavy atom. The van der Waals surface area contributed by atoms with Crippen molar-refractivity contribution >= 4 is 0 Å². The van der Waals surface area contributed by atoms with E-state index in [0.717, 1.165) is 41.4 Å². The van der Waals surface area contributed by atoms with Gasteiger partial charge in [0.05, 0.1) is 0 Å². The van der Waals surface area contributed by atoms with Gasteiger partial charge in [-0.3, -0.25) is 0 Å². The fourth-order valence-electron chi connectivity index (χ4n) is 8.44. The lowest BCUT2D eigenvalue weighted by atomic mass is 9.49. The third-order valence-corrected chi connectivity index (χ3v) is 9.66. The molecule has 4 saturated carbocycles. The second-order valence-electron chi connectivity index (χ2n) is 10.8. The fourth-order valence-corrected chi connectivity index (χ4v) is 8.44. The summed E-state index contributed by atoms with van der Waals surface area (Å²) in [6.07, 6.45) is 17.6. The minimum absolute atomic E-state index is 0. The monoisotopic (exact) mass is 434 g/mol. The molecule has 2 nitrogen and oxygen atoms in total. The van der Waals surface area contributed by atoms with Gasteiger partial charge in [0.15, 0.2) is 0 Å². The van der Waals surface area contributed by atoms with Crippen LogP contribution in [0.3, 0.4) is 0 Å². The Kier molecular flexibility index (Phi) is 11.7. The van der Waals surface area contributed by atoms with Crippen molar-refractivity contribution in [3.8, 4) is 0 Å². The number of hydrogen-bond donors (Lipinski definition) is 1. The quantitative estimate of drug-likeness (QED) is 0.355. The van der Waals surface area contributed by atoms with E-state index in [1.807, 2.05) is 32.7 Å². The lowest BCUT2D eigenvalue weighted by Crippen LogP contribution is -2.51. The molecule has 0 saturated heterocycles. The van der Waals surface area contributed by atoms with E-state index in [9.17, 15) is 0 Å². The Morgan fingerprint density at radius 1 is 0.903 bits per heavy atom. The Bertz CT molecular complexity index is 529. The zero-order chi connectivity index (χ0) is 22.5. The molecule has 0 heterocycles. The van der Waals surface area contributed by atoms with Crippen LogP contribution in [0.5, 0.6) is 0 Å². The molecule has 184 valence electrons. The fraction of sp³-hybridized carbons (Fsp3) is 0.931. The summed E-state index contributed by atoms with van der Waals surface area (Å²) in [7, 11) is 0. The topological polar surface area (TPSA) is 29.3 Å². The van der Waals surface area contributed by atoms with Crippen LogP contribution in [0.4, 0.5) is 0 Å². The molecule has 2 heteroatoms. The maximum atomic E-state index is 6.37. The van der Waals surface area contributed by atoms with Crippen LogP contribution < -0.4 is 5.84 Å². The summed E-state index contributed by atoms with van der Waals surface area (Å²) in [5.74, 6) is 13.3. The number of allylic oxidation sites excluding steroid dienone is 1. The number of fused-ring (bicyclic) bond motifs is 5. The summed E-state index contributed by atoms with van der Waals surface area (Å²) in [4.78, 5) is 0. The molecular formula is C29H58N2. The van der Waals surface area contributed by atoms with Crippen LogP contribution in [0.15, 0.2) is 12.3 Å². The summed E-state index contributed by atoms with van der Waals surface area (Å²) in [6.45, 7) is 17.6. The third kappa shape index (κ3) is 5.53. The minimum Gasteiger partial charge on any atom is -0.316 e. The van der Waals surface area contributed by atoms with Crippen molar-refractivity contribution in [3.63, 3.8) is 0 Å². The zero-order valence-corrected chi connectivity index (χ0v) is 21.7. The predicted octanol–water partition coefficient (Wildman–Crippen LogP) is 8.68. The molecule has 0 aromatic heterocycles. The average Bonchev–Trinajstić information content (AvgIpc) is 3.13. The highest BCUT2D eigenvalue weighted by Gasteiger charge is 2.57. The lowest BCUT2D eigenvalue weighted by Gasteiger charge is -2.57. The van der Waals surface area contributed by atoms with E-state index in [4.69, 9.17) is 5.84 Å². The second kappa shape index (κ2) is 12.7. The van der Waals surface area contributed by atoms with E-state index in [1.54, 1.807) is 0 Å². The molecule has 0 aromatic carbocycles. The van der Waals surface area contributed by atoms with Crippen molar-refractivity contribution in [2.45, 2.75) is 127 Å². The van der Waals surface area contributed by atoms with Gasteiger partial charge < -0.3 is 5.01 Å².